The van der Waals surface area contributed by atoms with E-state index in [9.17, 15) is 9.59 Å². The summed E-state index contributed by atoms with van der Waals surface area (Å²) in [5, 5.41) is 0. The van der Waals surface area contributed by atoms with Crippen molar-refractivity contribution >= 4 is 11.9 Å². The van der Waals surface area contributed by atoms with Gasteiger partial charge in [-0.25, -0.2) is 0 Å². The van der Waals surface area contributed by atoms with Crippen LogP contribution in [0.5, 0.6) is 0 Å². The van der Waals surface area contributed by atoms with E-state index in [-0.39, 0.29) is 5.41 Å². The number of esters is 2. The molecule has 0 N–H and O–H groups in total. The van der Waals surface area contributed by atoms with Crippen molar-refractivity contribution in [2.24, 2.45) is 17.3 Å². The molecule has 1 saturated carbocycles. The Balaban J connectivity index is 2.80. The first-order valence-electron chi connectivity index (χ1n) is 9.25. The number of hydrogen-bond donors (Lipinski definition) is 0. The van der Waals surface area contributed by atoms with Crippen molar-refractivity contribution in [3.05, 3.63) is 0 Å². The molecule has 0 aliphatic heterocycles. The van der Waals surface area contributed by atoms with E-state index in [1.807, 2.05) is 0 Å². The van der Waals surface area contributed by atoms with Crippen molar-refractivity contribution in [2.75, 3.05) is 13.2 Å². The molecule has 0 atom stereocenters. The van der Waals surface area contributed by atoms with Gasteiger partial charge in [0.05, 0.1) is 13.2 Å². The highest BCUT2D eigenvalue weighted by atomic mass is 16.6. The maximum atomic E-state index is 12.2. The van der Waals surface area contributed by atoms with Crippen LogP contribution in [0, 0.1) is 17.3 Å². The molecule has 4 heteroatoms. The Labute approximate surface area is 141 Å². The second-order valence-electron chi connectivity index (χ2n) is 7.29. The molecule has 0 spiro atoms. The zero-order chi connectivity index (χ0) is 17.3. The highest BCUT2D eigenvalue weighted by Gasteiger charge is 2.39. The van der Waals surface area contributed by atoms with Gasteiger partial charge >= 0.3 is 11.9 Å². The van der Waals surface area contributed by atoms with Gasteiger partial charge in [-0.2, -0.15) is 0 Å². The first kappa shape index (κ1) is 20.0. The lowest BCUT2D eigenvalue weighted by Gasteiger charge is -2.37. The first-order valence-corrected chi connectivity index (χ1v) is 9.25. The third-order valence-electron chi connectivity index (χ3n) is 5.08. The molecule has 4 nitrogen and oxygen atoms in total. The number of carbonyl (C=O) groups is 2. The third kappa shape index (κ3) is 6.52. The van der Waals surface area contributed by atoms with Gasteiger partial charge in [-0.05, 0) is 44.4 Å². The standard InChI is InChI=1S/C19H34O4/c1-5-22-17(20)16(18(21)23-6-2)14-19(3,4)15-12-10-8-7-9-11-13-15/h15-16H,5-14H2,1-4H3. The second kappa shape index (κ2) is 9.94. The SMILES string of the molecule is CCOC(=O)C(CC(C)(C)C1CCCCCCC1)C(=O)OCC. The van der Waals surface area contributed by atoms with Gasteiger partial charge in [-0.1, -0.05) is 46.0 Å². The molecule has 0 aromatic heterocycles. The first-order chi connectivity index (χ1) is 10.9. The van der Waals surface area contributed by atoms with Crippen LogP contribution in [0.1, 0.15) is 79.1 Å². The summed E-state index contributed by atoms with van der Waals surface area (Å²) in [6.07, 6.45) is 9.31. The molecule has 23 heavy (non-hydrogen) atoms. The number of rotatable bonds is 7. The molecule has 134 valence electrons. The zero-order valence-electron chi connectivity index (χ0n) is 15.4. The number of ether oxygens (including phenoxy) is 2. The van der Waals surface area contributed by atoms with Crippen LogP contribution < -0.4 is 0 Å². The molecule has 1 aliphatic rings. The molecule has 0 saturated heterocycles. The summed E-state index contributed by atoms with van der Waals surface area (Å²) in [7, 11) is 0. The predicted octanol–water partition coefficient (Wildman–Crippen LogP) is 4.51. The van der Waals surface area contributed by atoms with Gasteiger partial charge in [0.25, 0.3) is 0 Å². The molecule has 0 bridgehead atoms. The summed E-state index contributed by atoms with van der Waals surface area (Å²) in [5.41, 5.74) is -0.0679. The molecule has 0 aromatic rings. The molecule has 1 rings (SSSR count). The fraction of sp³-hybridized carbons (Fsp3) is 0.895. The minimum atomic E-state index is -0.796. The van der Waals surface area contributed by atoms with Gasteiger partial charge in [0, 0.05) is 0 Å². The predicted molar refractivity (Wildman–Crippen MR) is 91.0 cm³/mol. The minimum Gasteiger partial charge on any atom is -0.465 e. The lowest BCUT2D eigenvalue weighted by molar-refractivity contribution is -0.163. The van der Waals surface area contributed by atoms with E-state index in [0.717, 1.165) is 0 Å². The fourth-order valence-electron chi connectivity index (χ4n) is 3.68. The maximum Gasteiger partial charge on any atom is 0.320 e. The summed E-state index contributed by atoms with van der Waals surface area (Å²) in [6.45, 7) is 8.48. The molecule has 1 aliphatic carbocycles. The van der Waals surface area contributed by atoms with Gasteiger partial charge < -0.3 is 9.47 Å². The van der Waals surface area contributed by atoms with Gasteiger partial charge in [0.15, 0.2) is 5.92 Å². The average Bonchev–Trinajstić information content (AvgIpc) is 2.44. The van der Waals surface area contributed by atoms with Crippen LogP contribution in [-0.4, -0.2) is 25.2 Å². The Kier molecular flexibility index (Phi) is 8.64. The highest BCUT2D eigenvalue weighted by molar-refractivity contribution is 5.94. The van der Waals surface area contributed by atoms with Crippen LogP contribution in [0.3, 0.4) is 0 Å². The van der Waals surface area contributed by atoms with E-state index in [1.54, 1.807) is 13.8 Å². The van der Waals surface area contributed by atoms with Crippen molar-refractivity contribution in [3.63, 3.8) is 0 Å². The molecule has 0 amide bonds. The summed E-state index contributed by atoms with van der Waals surface area (Å²) in [5.74, 6) is -1.13. The molecule has 0 unspecified atom stereocenters. The van der Waals surface area contributed by atoms with E-state index in [1.165, 1.54) is 44.9 Å². The van der Waals surface area contributed by atoms with Crippen molar-refractivity contribution < 1.29 is 19.1 Å². The molecule has 1 fully saturated rings. The van der Waals surface area contributed by atoms with Crippen LogP contribution in [0.25, 0.3) is 0 Å². The van der Waals surface area contributed by atoms with Crippen molar-refractivity contribution in [1.29, 1.82) is 0 Å². The molecule has 0 heterocycles. The summed E-state index contributed by atoms with van der Waals surface area (Å²) >= 11 is 0. The topological polar surface area (TPSA) is 52.6 Å². The van der Waals surface area contributed by atoms with Gasteiger partial charge in [-0.15, -0.1) is 0 Å². The zero-order valence-corrected chi connectivity index (χ0v) is 15.4. The quantitative estimate of drug-likeness (QED) is 0.510. The van der Waals surface area contributed by atoms with Crippen LogP contribution >= 0.6 is 0 Å². The maximum absolute atomic E-state index is 12.2. The third-order valence-corrected chi connectivity index (χ3v) is 5.08. The number of carbonyl (C=O) groups excluding carboxylic acids is 2. The Bertz CT molecular complexity index is 350. The largest absolute Gasteiger partial charge is 0.465 e. The summed E-state index contributed by atoms with van der Waals surface area (Å²) < 4.78 is 10.2. The van der Waals surface area contributed by atoms with Crippen molar-refractivity contribution in [1.82, 2.24) is 0 Å². The van der Waals surface area contributed by atoms with Crippen molar-refractivity contribution in [3.8, 4) is 0 Å². The molecular weight excluding hydrogens is 292 g/mol. The lowest BCUT2D eigenvalue weighted by atomic mass is 9.68. The second-order valence-corrected chi connectivity index (χ2v) is 7.29. The van der Waals surface area contributed by atoms with Crippen LogP contribution in [0.4, 0.5) is 0 Å². The Morgan fingerprint density at radius 1 is 0.913 bits per heavy atom. The van der Waals surface area contributed by atoms with E-state index < -0.39 is 17.9 Å². The molecular formula is C19H34O4. The van der Waals surface area contributed by atoms with Crippen molar-refractivity contribution in [2.45, 2.75) is 79.1 Å². The van der Waals surface area contributed by atoms with E-state index >= 15 is 0 Å². The fourth-order valence-corrected chi connectivity index (χ4v) is 3.68. The Morgan fingerprint density at radius 2 is 1.35 bits per heavy atom. The monoisotopic (exact) mass is 326 g/mol. The Hall–Kier alpha value is -1.06. The Morgan fingerprint density at radius 3 is 1.78 bits per heavy atom. The molecule has 0 radical (unpaired) electrons. The summed E-state index contributed by atoms with van der Waals surface area (Å²) in [6, 6.07) is 0. The van der Waals surface area contributed by atoms with E-state index in [4.69, 9.17) is 9.47 Å². The van der Waals surface area contributed by atoms with Crippen LogP contribution in [0.15, 0.2) is 0 Å². The summed E-state index contributed by atoms with van der Waals surface area (Å²) in [4.78, 5) is 24.4. The number of hydrogen-bond acceptors (Lipinski definition) is 4. The van der Waals surface area contributed by atoms with Gasteiger partial charge in [0.2, 0.25) is 0 Å². The smallest absolute Gasteiger partial charge is 0.320 e. The van der Waals surface area contributed by atoms with Crippen LogP contribution in [-0.2, 0) is 19.1 Å². The van der Waals surface area contributed by atoms with E-state index in [0.29, 0.717) is 25.6 Å². The van der Waals surface area contributed by atoms with Crippen LogP contribution in [0.2, 0.25) is 0 Å². The normalized spacial score (nSPS) is 17.4. The lowest BCUT2D eigenvalue weighted by Crippen LogP contribution is -2.36. The van der Waals surface area contributed by atoms with E-state index in [2.05, 4.69) is 13.8 Å². The average molecular weight is 326 g/mol. The minimum absolute atomic E-state index is 0.0679. The molecule has 0 aromatic carbocycles. The van der Waals surface area contributed by atoms with Gasteiger partial charge in [-0.3, -0.25) is 9.59 Å². The van der Waals surface area contributed by atoms with Gasteiger partial charge in [0.1, 0.15) is 0 Å². The highest BCUT2D eigenvalue weighted by Crippen LogP contribution is 2.41.